The molecule has 2 amide bonds. The fraction of sp³-hybridized carbons (Fsp3) is 0.526. The molecule has 27 heavy (non-hydrogen) atoms. The van der Waals surface area contributed by atoms with Gasteiger partial charge in [0.1, 0.15) is 0 Å². The second-order valence-corrected chi connectivity index (χ2v) is 6.30. The molecule has 2 N–H and O–H groups in total. The van der Waals surface area contributed by atoms with Crippen molar-refractivity contribution in [3.8, 4) is 17.2 Å². The number of methoxy groups -OCH3 is 3. The molecule has 148 valence electrons. The van der Waals surface area contributed by atoms with E-state index in [1.807, 2.05) is 0 Å². The van der Waals surface area contributed by atoms with E-state index in [9.17, 15) is 9.59 Å². The summed E-state index contributed by atoms with van der Waals surface area (Å²) in [5.41, 5.74) is 3.06. The van der Waals surface area contributed by atoms with E-state index in [-0.39, 0.29) is 24.3 Å². The van der Waals surface area contributed by atoms with Crippen LogP contribution >= 0.6 is 0 Å². The topological polar surface area (TPSA) is 98.2 Å². The molecule has 8 nitrogen and oxygen atoms in total. The largest absolute Gasteiger partial charge is 0.493 e. The molecule has 0 aromatic heterocycles. The van der Waals surface area contributed by atoms with Crippen LogP contribution in [0.25, 0.3) is 0 Å². The predicted molar refractivity (Wildman–Crippen MR) is 101 cm³/mol. The van der Waals surface area contributed by atoms with Crippen LogP contribution in [0.1, 0.15) is 37.7 Å². The lowest BCUT2D eigenvalue weighted by molar-refractivity contribution is -0.129. The Bertz CT molecular complexity index is 659. The minimum Gasteiger partial charge on any atom is -0.493 e. The molecule has 1 fully saturated rings. The third-order valence-corrected chi connectivity index (χ3v) is 4.49. The fourth-order valence-corrected chi connectivity index (χ4v) is 3.07. The number of nitrogens with zero attached hydrogens (tertiary/aromatic N) is 1. The summed E-state index contributed by atoms with van der Waals surface area (Å²) < 4.78 is 15.8. The molecule has 1 aliphatic rings. The summed E-state index contributed by atoms with van der Waals surface area (Å²) in [6.45, 7) is -0.0953. The first-order chi connectivity index (χ1) is 13.1. The summed E-state index contributed by atoms with van der Waals surface area (Å²) in [5, 5.41) is 6.58. The van der Waals surface area contributed by atoms with Gasteiger partial charge in [0.15, 0.2) is 11.5 Å². The summed E-state index contributed by atoms with van der Waals surface area (Å²) in [7, 11) is 4.57. The number of hydrazone groups is 1. The molecule has 2 rings (SSSR count). The van der Waals surface area contributed by atoms with Crippen molar-refractivity contribution in [2.75, 3.05) is 27.9 Å². The van der Waals surface area contributed by atoms with Gasteiger partial charge < -0.3 is 19.5 Å². The van der Waals surface area contributed by atoms with Gasteiger partial charge in [0, 0.05) is 11.5 Å². The van der Waals surface area contributed by atoms with E-state index >= 15 is 0 Å². The molecule has 1 saturated carbocycles. The average Bonchev–Trinajstić information content (AvgIpc) is 2.71. The van der Waals surface area contributed by atoms with Gasteiger partial charge in [-0.25, -0.2) is 5.43 Å². The minimum atomic E-state index is -0.386. The Morgan fingerprint density at radius 2 is 1.70 bits per heavy atom. The van der Waals surface area contributed by atoms with Crippen molar-refractivity contribution in [1.29, 1.82) is 0 Å². The van der Waals surface area contributed by atoms with Crippen LogP contribution in [0.2, 0.25) is 0 Å². The number of benzene rings is 1. The van der Waals surface area contributed by atoms with Crippen LogP contribution in [0.5, 0.6) is 17.2 Å². The number of rotatable bonds is 8. The predicted octanol–water partition coefficient (Wildman–Crippen LogP) is 1.86. The van der Waals surface area contributed by atoms with Gasteiger partial charge in [-0.2, -0.15) is 5.10 Å². The first-order valence-corrected chi connectivity index (χ1v) is 8.98. The number of amides is 2. The van der Waals surface area contributed by atoms with Crippen molar-refractivity contribution in [1.82, 2.24) is 10.7 Å². The van der Waals surface area contributed by atoms with Crippen molar-refractivity contribution in [3.05, 3.63) is 17.7 Å². The minimum absolute atomic E-state index is 0.0225. The van der Waals surface area contributed by atoms with Gasteiger partial charge in [0.25, 0.3) is 5.91 Å². The molecule has 8 heteroatoms. The zero-order valence-corrected chi connectivity index (χ0v) is 16.0. The number of carbonyl (C=O) groups excluding carboxylic acids is 2. The van der Waals surface area contributed by atoms with E-state index in [1.54, 1.807) is 12.1 Å². The number of hydrogen-bond donors (Lipinski definition) is 2. The molecule has 0 radical (unpaired) electrons. The number of nitrogens with one attached hydrogen (secondary N) is 2. The van der Waals surface area contributed by atoms with Crippen molar-refractivity contribution < 1.29 is 23.8 Å². The van der Waals surface area contributed by atoms with E-state index in [1.165, 1.54) is 34.0 Å². The van der Waals surface area contributed by atoms with Crippen LogP contribution in [0, 0.1) is 5.92 Å². The molecule has 1 aromatic rings. The zero-order valence-electron chi connectivity index (χ0n) is 16.0. The third kappa shape index (κ3) is 5.87. The second-order valence-electron chi connectivity index (χ2n) is 6.30. The van der Waals surface area contributed by atoms with Crippen LogP contribution in [-0.4, -0.2) is 45.9 Å². The van der Waals surface area contributed by atoms with Gasteiger partial charge in [-0.1, -0.05) is 19.3 Å². The fourth-order valence-electron chi connectivity index (χ4n) is 3.07. The lowest BCUT2D eigenvalue weighted by atomic mass is 9.89. The van der Waals surface area contributed by atoms with Gasteiger partial charge in [-0.15, -0.1) is 0 Å². The van der Waals surface area contributed by atoms with Crippen molar-refractivity contribution >= 4 is 18.0 Å². The molecule has 0 spiro atoms. The Morgan fingerprint density at radius 3 is 2.26 bits per heavy atom. The van der Waals surface area contributed by atoms with Gasteiger partial charge in [-0.3, -0.25) is 9.59 Å². The maximum absolute atomic E-state index is 12.0. The average molecular weight is 377 g/mol. The Labute approximate surface area is 159 Å². The van der Waals surface area contributed by atoms with Crippen LogP contribution in [0.4, 0.5) is 0 Å². The van der Waals surface area contributed by atoms with Crippen LogP contribution in [0.3, 0.4) is 0 Å². The summed E-state index contributed by atoms with van der Waals surface area (Å²) >= 11 is 0. The summed E-state index contributed by atoms with van der Waals surface area (Å²) in [4.78, 5) is 23.9. The number of ether oxygens (including phenoxy) is 3. The summed E-state index contributed by atoms with van der Waals surface area (Å²) in [5.74, 6) is 1.04. The molecule has 0 atom stereocenters. The Kier molecular flexibility index (Phi) is 7.91. The van der Waals surface area contributed by atoms with Crippen molar-refractivity contribution in [2.45, 2.75) is 32.1 Å². The molecule has 0 saturated heterocycles. The van der Waals surface area contributed by atoms with Crippen LogP contribution in [-0.2, 0) is 9.59 Å². The molecule has 0 bridgehead atoms. The molecule has 1 aliphatic carbocycles. The highest BCUT2D eigenvalue weighted by atomic mass is 16.5. The zero-order chi connectivity index (χ0) is 19.6. The van der Waals surface area contributed by atoms with Gasteiger partial charge in [-0.05, 0) is 25.0 Å². The quantitative estimate of drug-likeness (QED) is 0.532. The molecule has 0 aliphatic heterocycles. The van der Waals surface area contributed by atoms with E-state index in [2.05, 4.69) is 15.8 Å². The SMILES string of the molecule is COc1cc(/C=N\NC(=O)CNC(=O)C2CCCCC2)cc(OC)c1OC. The first-order valence-electron chi connectivity index (χ1n) is 8.98. The van der Waals surface area contributed by atoms with E-state index in [0.29, 0.717) is 22.8 Å². The van der Waals surface area contributed by atoms with Crippen LogP contribution < -0.4 is 25.0 Å². The molecular formula is C19H27N3O5. The molecular weight excluding hydrogens is 350 g/mol. The first kappa shape index (κ1) is 20.5. The third-order valence-electron chi connectivity index (χ3n) is 4.49. The van der Waals surface area contributed by atoms with Gasteiger partial charge in [0.2, 0.25) is 11.7 Å². The van der Waals surface area contributed by atoms with Gasteiger partial charge >= 0.3 is 0 Å². The Balaban J connectivity index is 1.87. The van der Waals surface area contributed by atoms with E-state index in [4.69, 9.17) is 14.2 Å². The smallest absolute Gasteiger partial charge is 0.259 e. The highest BCUT2D eigenvalue weighted by molar-refractivity contribution is 5.87. The lowest BCUT2D eigenvalue weighted by Crippen LogP contribution is -2.38. The van der Waals surface area contributed by atoms with Crippen molar-refractivity contribution in [2.24, 2.45) is 11.0 Å². The Morgan fingerprint density at radius 1 is 1.07 bits per heavy atom. The van der Waals surface area contributed by atoms with Crippen LogP contribution in [0.15, 0.2) is 17.2 Å². The van der Waals surface area contributed by atoms with E-state index < -0.39 is 0 Å². The molecule has 0 heterocycles. The Hall–Kier alpha value is -2.77. The number of hydrogen-bond acceptors (Lipinski definition) is 6. The summed E-state index contributed by atoms with van der Waals surface area (Å²) in [6.07, 6.45) is 6.58. The maximum atomic E-state index is 12.0. The summed E-state index contributed by atoms with van der Waals surface area (Å²) in [6, 6.07) is 3.42. The second kappa shape index (κ2) is 10.4. The number of carbonyl (C=O) groups is 2. The molecule has 0 unspecified atom stereocenters. The highest BCUT2D eigenvalue weighted by Crippen LogP contribution is 2.37. The standard InChI is InChI=1S/C19H27N3O5/c1-25-15-9-13(10-16(26-2)18(15)27-3)11-21-22-17(23)12-20-19(24)14-7-5-4-6-8-14/h9-11,14H,4-8,12H2,1-3H3,(H,20,24)(H,22,23)/b21-11-. The highest BCUT2D eigenvalue weighted by Gasteiger charge is 2.21. The van der Waals surface area contributed by atoms with Crippen molar-refractivity contribution in [3.63, 3.8) is 0 Å². The molecule has 1 aromatic carbocycles. The monoisotopic (exact) mass is 377 g/mol. The normalized spacial score (nSPS) is 14.6. The van der Waals surface area contributed by atoms with E-state index in [0.717, 1.165) is 25.7 Å². The van der Waals surface area contributed by atoms with Gasteiger partial charge in [0.05, 0.1) is 34.1 Å². The lowest BCUT2D eigenvalue weighted by Gasteiger charge is -2.20. The maximum Gasteiger partial charge on any atom is 0.259 e.